The topological polar surface area (TPSA) is 111 Å². The fraction of sp³-hybridized carbons (Fsp3) is 0.750. The van der Waals surface area contributed by atoms with Gasteiger partial charge in [0.05, 0.1) is 54.9 Å². The third kappa shape index (κ3) is 11.6. The van der Waals surface area contributed by atoms with Gasteiger partial charge in [-0.25, -0.2) is 0 Å². The van der Waals surface area contributed by atoms with Crippen molar-refractivity contribution in [3.63, 3.8) is 0 Å². The van der Waals surface area contributed by atoms with Crippen molar-refractivity contribution in [3.8, 4) is 6.07 Å². The molecule has 0 bridgehead atoms. The third-order valence-corrected chi connectivity index (χ3v) is 10.9. The zero-order valence-corrected chi connectivity index (χ0v) is 31.2. The highest BCUT2D eigenvalue weighted by Crippen LogP contribution is 2.40. The molecule has 11 heteroatoms. The first kappa shape index (κ1) is 36.3. The van der Waals surface area contributed by atoms with E-state index in [4.69, 9.17) is 28.0 Å². The van der Waals surface area contributed by atoms with Crippen LogP contribution in [0, 0.1) is 23.2 Å². The molecule has 43 heavy (non-hydrogen) atoms. The molecular weight excluding hydrogens is 595 g/mol. The van der Waals surface area contributed by atoms with Crippen molar-refractivity contribution in [1.29, 1.82) is 5.26 Å². The summed E-state index contributed by atoms with van der Waals surface area (Å²) in [5.41, 5.74) is 1.14. The molecule has 1 aromatic rings. The molecule has 2 aliphatic heterocycles. The van der Waals surface area contributed by atoms with E-state index >= 15 is 0 Å². The summed E-state index contributed by atoms with van der Waals surface area (Å²) in [6.07, 6.45) is -0.421. The molecule has 8 nitrogen and oxygen atoms in total. The molecule has 242 valence electrons. The van der Waals surface area contributed by atoms with Crippen LogP contribution in [0.25, 0.3) is 0 Å². The van der Waals surface area contributed by atoms with Crippen LogP contribution in [0.15, 0.2) is 24.3 Å². The molecule has 0 spiro atoms. The van der Waals surface area contributed by atoms with Crippen molar-refractivity contribution in [1.82, 2.24) is 0 Å². The van der Waals surface area contributed by atoms with E-state index in [-0.39, 0.29) is 67.1 Å². The molecule has 0 saturated carbocycles. The smallest absolute Gasteiger partial charge is 0.184 e. The Hall–Kier alpha value is -1.21. The highest BCUT2D eigenvalue weighted by molar-refractivity contribution is 6.70. The Kier molecular flexibility index (Phi) is 12.2. The second kappa shape index (κ2) is 14.5. The van der Waals surface area contributed by atoms with Crippen LogP contribution in [0.1, 0.15) is 50.3 Å². The number of ketones is 1. The quantitative estimate of drug-likeness (QED) is 0.171. The van der Waals surface area contributed by atoms with Crippen molar-refractivity contribution in [2.24, 2.45) is 11.8 Å². The number of carbonyl (C=O) groups excluding carboxylic acids is 1. The van der Waals surface area contributed by atoms with Crippen LogP contribution >= 0.6 is 0 Å². The Morgan fingerprint density at radius 3 is 2.07 bits per heavy atom. The SMILES string of the molecule is C[C@@H]([C@@H]1O[C@H]1C[C@@H]1OC[C@H](CC(=O)CC(O)c2ccc(C#N)cc2)[C@@H](O[Si](C)(C)C)[C@@H]1O[Si](C)(C)C)[C@H](C)O[Si](C)(C)C. The van der Waals surface area contributed by atoms with Gasteiger partial charge in [0, 0.05) is 37.2 Å². The maximum Gasteiger partial charge on any atom is 0.184 e. The molecule has 1 unspecified atom stereocenters. The van der Waals surface area contributed by atoms with Crippen LogP contribution in [-0.2, 0) is 27.5 Å². The Balaban J connectivity index is 1.73. The number of nitrogens with zero attached hydrogens (tertiary/aromatic N) is 1. The van der Waals surface area contributed by atoms with Gasteiger partial charge < -0.3 is 27.9 Å². The van der Waals surface area contributed by atoms with Crippen molar-refractivity contribution < 1.29 is 32.7 Å². The highest BCUT2D eigenvalue weighted by atomic mass is 28.4. The van der Waals surface area contributed by atoms with Crippen LogP contribution in [0.2, 0.25) is 58.9 Å². The monoisotopic (exact) mass is 649 g/mol. The van der Waals surface area contributed by atoms with E-state index < -0.39 is 31.1 Å². The average molecular weight is 650 g/mol. The first-order chi connectivity index (χ1) is 19.8. The number of aliphatic hydroxyl groups excluding tert-OH is 1. The van der Waals surface area contributed by atoms with Gasteiger partial charge in [-0.2, -0.15) is 5.26 Å². The van der Waals surface area contributed by atoms with Gasteiger partial charge in [0.2, 0.25) is 0 Å². The molecule has 0 aliphatic carbocycles. The fourth-order valence-electron chi connectivity index (χ4n) is 5.88. The summed E-state index contributed by atoms with van der Waals surface area (Å²) >= 11 is 0. The molecule has 2 saturated heterocycles. The molecular formula is C32H55NO7Si3. The maximum atomic E-state index is 13.3. The Bertz CT molecular complexity index is 1110. The molecule has 2 aliphatic rings. The van der Waals surface area contributed by atoms with E-state index in [0.29, 0.717) is 24.2 Å². The number of hydrogen-bond donors (Lipinski definition) is 1. The van der Waals surface area contributed by atoms with Gasteiger partial charge in [-0.15, -0.1) is 0 Å². The minimum Gasteiger partial charge on any atom is -0.415 e. The lowest BCUT2D eigenvalue weighted by Gasteiger charge is -2.47. The molecule has 2 heterocycles. The predicted octanol–water partition coefficient (Wildman–Crippen LogP) is 6.43. The number of carbonyl (C=O) groups is 1. The van der Waals surface area contributed by atoms with E-state index in [1.807, 2.05) is 0 Å². The molecule has 0 aromatic heterocycles. The molecule has 1 N–H and O–H groups in total. The minimum atomic E-state index is -2.02. The normalized spacial score (nSPS) is 28.5. The fourth-order valence-corrected chi connectivity index (χ4v) is 9.45. The number of nitriles is 1. The molecule has 0 amide bonds. The summed E-state index contributed by atoms with van der Waals surface area (Å²) in [7, 11) is -5.69. The molecule has 9 atom stereocenters. The summed E-state index contributed by atoms with van der Waals surface area (Å²) in [4.78, 5) is 13.3. The van der Waals surface area contributed by atoms with Gasteiger partial charge in [-0.3, -0.25) is 4.79 Å². The largest absolute Gasteiger partial charge is 0.415 e. The number of hydrogen-bond acceptors (Lipinski definition) is 8. The standard InChI is InChI=1S/C32H55NO7Si3/c1-21(22(2)38-41(3,4)5)30-29(37-30)18-28-32(40-43(9,10)11)31(39-42(6,7)8)25(20-36-28)16-26(34)17-27(35)24-14-12-23(19-33)13-15-24/h12-15,21-22,25,27-32,35H,16-18,20H2,1-11H3/t21-,22+,25+,27?,28+,29+,30+,31-,32-/m1/s1. The van der Waals surface area contributed by atoms with Crippen LogP contribution in [0.4, 0.5) is 0 Å². The number of benzene rings is 1. The van der Waals surface area contributed by atoms with Crippen LogP contribution < -0.4 is 0 Å². The van der Waals surface area contributed by atoms with Crippen LogP contribution in [0.3, 0.4) is 0 Å². The van der Waals surface area contributed by atoms with Gasteiger partial charge >= 0.3 is 0 Å². The van der Waals surface area contributed by atoms with E-state index in [2.05, 4.69) is 78.8 Å². The molecule has 1 aromatic carbocycles. The molecule has 3 rings (SSSR count). The second-order valence-corrected chi connectivity index (χ2v) is 28.8. The Labute approximate surface area is 262 Å². The number of aliphatic hydroxyl groups is 1. The first-order valence-corrected chi connectivity index (χ1v) is 26.0. The van der Waals surface area contributed by atoms with Gasteiger partial charge in [0.1, 0.15) is 5.78 Å². The van der Waals surface area contributed by atoms with Crippen LogP contribution in [0.5, 0.6) is 0 Å². The summed E-state index contributed by atoms with van der Waals surface area (Å²) in [5.74, 6) is 0.0549. The Morgan fingerprint density at radius 1 is 0.953 bits per heavy atom. The van der Waals surface area contributed by atoms with Gasteiger partial charge in [-0.05, 0) is 83.5 Å². The Morgan fingerprint density at radius 2 is 1.53 bits per heavy atom. The highest BCUT2D eigenvalue weighted by Gasteiger charge is 2.51. The summed E-state index contributed by atoms with van der Waals surface area (Å²) < 4.78 is 32.7. The van der Waals surface area contributed by atoms with Crippen LogP contribution in [-0.4, -0.2) is 79.1 Å². The number of rotatable bonds is 15. The maximum absolute atomic E-state index is 13.3. The lowest BCUT2D eigenvalue weighted by Crippen LogP contribution is -2.58. The lowest BCUT2D eigenvalue weighted by atomic mass is 9.85. The summed E-state index contributed by atoms with van der Waals surface area (Å²) in [6, 6.07) is 8.79. The number of epoxide rings is 1. The van der Waals surface area contributed by atoms with Crippen molar-refractivity contribution in [2.45, 2.75) is 135 Å². The van der Waals surface area contributed by atoms with E-state index in [0.717, 1.165) is 0 Å². The van der Waals surface area contributed by atoms with Crippen molar-refractivity contribution >= 4 is 30.7 Å². The lowest BCUT2D eigenvalue weighted by molar-refractivity contribution is -0.159. The predicted molar refractivity (Wildman–Crippen MR) is 176 cm³/mol. The van der Waals surface area contributed by atoms with Crippen molar-refractivity contribution in [2.75, 3.05) is 6.61 Å². The minimum absolute atomic E-state index is 0.00179. The third-order valence-electron chi connectivity index (χ3n) is 7.88. The number of Topliss-reactive ketones (excluding diaryl/α,β-unsaturated/α-hetero) is 1. The zero-order chi connectivity index (χ0) is 32.3. The van der Waals surface area contributed by atoms with Gasteiger partial charge in [0.15, 0.2) is 25.0 Å². The van der Waals surface area contributed by atoms with Gasteiger partial charge in [-0.1, -0.05) is 19.1 Å². The van der Waals surface area contributed by atoms with Crippen molar-refractivity contribution in [3.05, 3.63) is 35.4 Å². The summed E-state index contributed by atoms with van der Waals surface area (Å²) in [5, 5.41) is 19.8. The second-order valence-electron chi connectivity index (χ2n) is 15.4. The van der Waals surface area contributed by atoms with Gasteiger partial charge in [0.25, 0.3) is 0 Å². The zero-order valence-electron chi connectivity index (χ0n) is 28.2. The summed E-state index contributed by atoms with van der Waals surface area (Å²) in [6.45, 7) is 24.4. The average Bonchev–Trinajstić information content (AvgIpc) is 3.63. The first-order valence-electron chi connectivity index (χ1n) is 15.8. The molecule has 0 radical (unpaired) electrons. The number of ether oxygens (including phenoxy) is 2. The molecule has 2 fully saturated rings. The van der Waals surface area contributed by atoms with E-state index in [1.54, 1.807) is 24.3 Å². The van der Waals surface area contributed by atoms with E-state index in [1.165, 1.54) is 0 Å². The van der Waals surface area contributed by atoms with E-state index in [9.17, 15) is 9.90 Å².